The first-order valence-corrected chi connectivity index (χ1v) is 6.33. The molecule has 1 aromatic heterocycles. The first kappa shape index (κ1) is 14.2. The van der Waals surface area contributed by atoms with E-state index in [4.69, 9.17) is 5.26 Å². The van der Waals surface area contributed by atoms with Crippen LogP contribution in [0.1, 0.15) is 36.3 Å². The highest BCUT2D eigenvalue weighted by Crippen LogP contribution is 2.18. The van der Waals surface area contributed by atoms with Crippen molar-refractivity contribution in [2.24, 2.45) is 5.92 Å². The molecule has 1 aromatic rings. The second-order valence-corrected chi connectivity index (χ2v) is 4.03. The van der Waals surface area contributed by atoms with Gasteiger partial charge in [0.05, 0.1) is 12.0 Å². The summed E-state index contributed by atoms with van der Waals surface area (Å²) in [5, 5.41) is 8.79. The van der Waals surface area contributed by atoms with Gasteiger partial charge in [-0.05, 0) is 25.0 Å². The third-order valence-electron chi connectivity index (χ3n) is 2.87. The van der Waals surface area contributed by atoms with Gasteiger partial charge in [0, 0.05) is 19.3 Å². The molecule has 0 saturated carbocycles. The summed E-state index contributed by atoms with van der Waals surface area (Å²) in [7, 11) is 0. The molecule has 1 saturated heterocycles. The topological polar surface area (TPSA) is 57.0 Å². The van der Waals surface area contributed by atoms with Crippen LogP contribution in [0.4, 0.5) is 0 Å². The number of aromatic nitrogens is 1. The van der Waals surface area contributed by atoms with E-state index in [0.717, 1.165) is 12.0 Å². The lowest BCUT2D eigenvalue weighted by Gasteiger charge is -2.15. The third-order valence-corrected chi connectivity index (χ3v) is 2.87. The molecular formula is C14H19N3O. The van der Waals surface area contributed by atoms with Crippen molar-refractivity contribution < 1.29 is 4.79 Å². The summed E-state index contributed by atoms with van der Waals surface area (Å²) in [4.78, 5) is 17.9. The smallest absolute Gasteiger partial charge is 0.272 e. The van der Waals surface area contributed by atoms with Gasteiger partial charge in [-0.25, -0.2) is 0 Å². The van der Waals surface area contributed by atoms with Gasteiger partial charge < -0.3 is 4.90 Å². The highest BCUT2D eigenvalue weighted by molar-refractivity contribution is 5.93. The summed E-state index contributed by atoms with van der Waals surface area (Å²) >= 11 is 0. The molecule has 96 valence electrons. The molecule has 18 heavy (non-hydrogen) atoms. The maximum Gasteiger partial charge on any atom is 0.272 e. The van der Waals surface area contributed by atoms with Gasteiger partial charge in [0.2, 0.25) is 0 Å². The zero-order valence-electron chi connectivity index (χ0n) is 11.2. The van der Waals surface area contributed by atoms with Crippen LogP contribution in [0.2, 0.25) is 0 Å². The standard InChI is InChI=1S/C12H13N3O.C2H6/c1-9-3-2-5-14-11(9)12(16)15-6-4-10(7-13)8-15;1-2/h2-3,5,10H,4,6,8H2,1H3;1-2H3. The Morgan fingerprint density at radius 2 is 2.28 bits per heavy atom. The molecule has 2 heterocycles. The number of likely N-dealkylation sites (tertiary alicyclic amines) is 1. The average molecular weight is 245 g/mol. The van der Waals surface area contributed by atoms with Gasteiger partial charge in [-0.15, -0.1) is 0 Å². The van der Waals surface area contributed by atoms with E-state index in [9.17, 15) is 4.79 Å². The molecule has 1 aliphatic rings. The molecule has 1 atom stereocenters. The monoisotopic (exact) mass is 245 g/mol. The Morgan fingerprint density at radius 1 is 1.56 bits per heavy atom. The Kier molecular flexibility index (Phi) is 5.31. The second-order valence-electron chi connectivity index (χ2n) is 4.03. The molecular weight excluding hydrogens is 226 g/mol. The maximum atomic E-state index is 12.1. The number of carbonyl (C=O) groups excluding carboxylic acids is 1. The minimum atomic E-state index is -0.0594. The van der Waals surface area contributed by atoms with Gasteiger partial charge >= 0.3 is 0 Å². The number of aryl methyl sites for hydroxylation is 1. The van der Waals surface area contributed by atoms with Gasteiger partial charge in [0.25, 0.3) is 5.91 Å². The fourth-order valence-corrected chi connectivity index (χ4v) is 1.91. The van der Waals surface area contributed by atoms with Gasteiger partial charge in [-0.2, -0.15) is 5.26 Å². The van der Waals surface area contributed by atoms with Crippen molar-refractivity contribution >= 4 is 5.91 Å². The van der Waals surface area contributed by atoms with Crippen molar-refractivity contribution in [3.63, 3.8) is 0 Å². The van der Waals surface area contributed by atoms with Crippen LogP contribution in [0.15, 0.2) is 18.3 Å². The Balaban J connectivity index is 0.000000771. The number of carbonyl (C=O) groups is 1. The number of hydrogen-bond acceptors (Lipinski definition) is 3. The van der Waals surface area contributed by atoms with Crippen LogP contribution in [0.25, 0.3) is 0 Å². The number of amides is 1. The fraction of sp³-hybridized carbons (Fsp3) is 0.500. The first-order valence-electron chi connectivity index (χ1n) is 6.33. The Labute approximate surface area is 108 Å². The molecule has 1 fully saturated rings. The van der Waals surface area contributed by atoms with Crippen LogP contribution in [-0.2, 0) is 0 Å². The number of rotatable bonds is 1. The third kappa shape index (κ3) is 3.07. The van der Waals surface area contributed by atoms with Crippen molar-refractivity contribution in [3.8, 4) is 6.07 Å². The van der Waals surface area contributed by atoms with Crippen LogP contribution in [-0.4, -0.2) is 28.9 Å². The number of nitriles is 1. The molecule has 0 bridgehead atoms. The van der Waals surface area contributed by atoms with Crippen molar-refractivity contribution in [1.82, 2.24) is 9.88 Å². The highest BCUT2D eigenvalue weighted by atomic mass is 16.2. The quantitative estimate of drug-likeness (QED) is 0.763. The molecule has 0 radical (unpaired) electrons. The number of nitrogens with zero attached hydrogens (tertiary/aromatic N) is 3. The molecule has 1 unspecified atom stereocenters. The van der Waals surface area contributed by atoms with E-state index < -0.39 is 0 Å². The fourth-order valence-electron chi connectivity index (χ4n) is 1.91. The number of pyridine rings is 1. The molecule has 0 aliphatic carbocycles. The lowest BCUT2D eigenvalue weighted by molar-refractivity contribution is 0.0783. The van der Waals surface area contributed by atoms with Gasteiger partial charge in [-0.3, -0.25) is 9.78 Å². The van der Waals surface area contributed by atoms with E-state index in [1.807, 2.05) is 32.9 Å². The summed E-state index contributed by atoms with van der Waals surface area (Å²) < 4.78 is 0. The summed E-state index contributed by atoms with van der Waals surface area (Å²) in [6.45, 7) is 7.07. The van der Waals surface area contributed by atoms with Crippen molar-refractivity contribution in [1.29, 1.82) is 5.26 Å². The maximum absolute atomic E-state index is 12.1. The Hall–Kier alpha value is -1.89. The predicted molar refractivity (Wildman–Crippen MR) is 69.9 cm³/mol. The minimum absolute atomic E-state index is 0.0204. The normalized spacial score (nSPS) is 17.7. The summed E-state index contributed by atoms with van der Waals surface area (Å²) in [6.07, 6.45) is 2.40. The highest BCUT2D eigenvalue weighted by Gasteiger charge is 2.27. The van der Waals surface area contributed by atoms with E-state index in [1.165, 1.54) is 0 Å². The van der Waals surface area contributed by atoms with Crippen LogP contribution >= 0.6 is 0 Å². The van der Waals surface area contributed by atoms with Gasteiger partial charge in [-0.1, -0.05) is 19.9 Å². The van der Waals surface area contributed by atoms with E-state index in [-0.39, 0.29) is 11.8 Å². The molecule has 2 rings (SSSR count). The average Bonchev–Trinajstić information content (AvgIpc) is 2.90. The molecule has 0 spiro atoms. The molecule has 4 heteroatoms. The Morgan fingerprint density at radius 3 is 2.83 bits per heavy atom. The van der Waals surface area contributed by atoms with Crippen molar-refractivity contribution in [2.75, 3.05) is 13.1 Å². The molecule has 1 amide bonds. The van der Waals surface area contributed by atoms with Crippen LogP contribution in [0, 0.1) is 24.2 Å². The lowest BCUT2D eigenvalue weighted by atomic mass is 10.1. The van der Waals surface area contributed by atoms with E-state index in [0.29, 0.717) is 18.8 Å². The minimum Gasteiger partial charge on any atom is -0.336 e. The molecule has 0 N–H and O–H groups in total. The van der Waals surface area contributed by atoms with E-state index in [1.54, 1.807) is 11.1 Å². The zero-order chi connectivity index (χ0) is 13.5. The van der Waals surface area contributed by atoms with Gasteiger partial charge in [0.1, 0.15) is 5.69 Å². The second kappa shape index (κ2) is 6.75. The predicted octanol–water partition coefficient (Wildman–Crippen LogP) is 2.40. The lowest BCUT2D eigenvalue weighted by Crippen LogP contribution is -2.29. The summed E-state index contributed by atoms with van der Waals surface area (Å²) in [5.41, 5.74) is 1.38. The van der Waals surface area contributed by atoms with E-state index >= 15 is 0 Å². The zero-order valence-corrected chi connectivity index (χ0v) is 11.2. The summed E-state index contributed by atoms with van der Waals surface area (Å²) in [5.74, 6) is -0.0798. The van der Waals surface area contributed by atoms with Crippen molar-refractivity contribution in [2.45, 2.75) is 27.2 Å². The molecule has 4 nitrogen and oxygen atoms in total. The van der Waals surface area contributed by atoms with Crippen LogP contribution in [0.3, 0.4) is 0 Å². The van der Waals surface area contributed by atoms with Crippen LogP contribution < -0.4 is 0 Å². The molecule has 0 aromatic carbocycles. The largest absolute Gasteiger partial charge is 0.336 e. The van der Waals surface area contributed by atoms with Crippen LogP contribution in [0.5, 0.6) is 0 Å². The van der Waals surface area contributed by atoms with E-state index in [2.05, 4.69) is 11.1 Å². The first-order chi connectivity index (χ1) is 8.72. The SMILES string of the molecule is CC.Cc1cccnc1C(=O)N1CCC(C#N)C1. The summed E-state index contributed by atoms with van der Waals surface area (Å²) in [6, 6.07) is 5.89. The van der Waals surface area contributed by atoms with Gasteiger partial charge in [0.15, 0.2) is 0 Å². The number of hydrogen-bond donors (Lipinski definition) is 0. The Bertz CT molecular complexity index is 451. The van der Waals surface area contributed by atoms with Crippen molar-refractivity contribution in [3.05, 3.63) is 29.6 Å². The molecule has 1 aliphatic heterocycles.